The van der Waals surface area contributed by atoms with Gasteiger partial charge in [-0.25, -0.2) is 0 Å². The van der Waals surface area contributed by atoms with Crippen LogP contribution in [-0.2, 0) is 5.54 Å². The van der Waals surface area contributed by atoms with Crippen molar-refractivity contribution < 1.29 is 4.42 Å². The van der Waals surface area contributed by atoms with E-state index in [1.807, 2.05) is 29.3 Å². The second kappa shape index (κ2) is 10.5. The summed E-state index contributed by atoms with van der Waals surface area (Å²) in [5.74, 6) is 1.15. The highest BCUT2D eigenvalue weighted by Gasteiger charge is 2.55. The number of rotatable bonds is 8. The molecule has 0 saturated heterocycles. The van der Waals surface area contributed by atoms with Crippen LogP contribution in [0.2, 0.25) is 5.02 Å². The normalized spacial score (nSPS) is 16.5. The van der Waals surface area contributed by atoms with Gasteiger partial charge in [0.1, 0.15) is 11.6 Å². The number of nitrogens with zero attached hydrogens (tertiary/aromatic N) is 5. The Labute approximate surface area is 250 Å². The van der Waals surface area contributed by atoms with Crippen molar-refractivity contribution in [2.24, 2.45) is 5.41 Å². The minimum atomic E-state index is -0.383. The lowest BCUT2D eigenvalue weighted by molar-refractivity contribution is 0.147. The molecule has 1 atom stereocenters. The molecule has 1 saturated carbocycles. The molecule has 4 N–H and O–H groups in total. The molecule has 4 aromatic rings. The lowest BCUT2D eigenvalue weighted by atomic mass is 9.96. The SMILES string of the molecule is Cc1nnc(C2(N3C=C([C@@H](Nc4cc(Cl)c5ncc(C#N)c(NCC(C)(C)C)c5c4)c4ccccc4C)NN3)CC2)o1. The molecular weight excluding hydrogens is 550 g/mol. The number of nitriles is 1. The van der Waals surface area contributed by atoms with Gasteiger partial charge in [0.15, 0.2) is 0 Å². The van der Waals surface area contributed by atoms with Crippen LogP contribution in [0.1, 0.15) is 68.1 Å². The Hall–Kier alpha value is -4.33. The molecule has 1 fully saturated rings. The van der Waals surface area contributed by atoms with E-state index in [4.69, 9.17) is 16.0 Å². The van der Waals surface area contributed by atoms with E-state index in [1.165, 1.54) is 0 Å². The highest BCUT2D eigenvalue weighted by atomic mass is 35.5. The summed E-state index contributed by atoms with van der Waals surface area (Å²) < 4.78 is 5.82. The number of aryl methyl sites for hydroxylation is 2. The third kappa shape index (κ3) is 5.22. The highest BCUT2D eigenvalue weighted by Crippen LogP contribution is 2.51. The van der Waals surface area contributed by atoms with Gasteiger partial charge in [-0.3, -0.25) is 9.99 Å². The number of benzene rings is 2. The van der Waals surface area contributed by atoms with Crippen molar-refractivity contribution in [2.75, 3.05) is 17.2 Å². The molecule has 2 aliphatic rings. The molecule has 1 aliphatic carbocycles. The Morgan fingerprint density at radius 3 is 2.64 bits per heavy atom. The summed E-state index contributed by atoms with van der Waals surface area (Å²) in [4.78, 5) is 4.52. The number of pyridine rings is 1. The number of hydrogen-bond donors (Lipinski definition) is 4. The quantitative estimate of drug-likeness (QED) is 0.190. The molecular formula is C31H34ClN9O. The van der Waals surface area contributed by atoms with Crippen LogP contribution in [0.3, 0.4) is 0 Å². The van der Waals surface area contributed by atoms with Gasteiger partial charge >= 0.3 is 0 Å². The zero-order valence-corrected chi connectivity index (χ0v) is 25.1. The molecule has 0 radical (unpaired) electrons. The van der Waals surface area contributed by atoms with Crippen molar-refractivity contribution in [3.8, 4) is 6.07 Å². The Kier molecular flexibility index (Phi) is 6.95. The van der Waals surface area contributed by atoms with Crippen molar-refractivity contribution in [2.45, 2.75) is 59.0 Å². The van der Waals surface area contributed by atoms with E-state index in [1.54, 1.807) is 13.1 Å². The van der Waals surface area contributed by atoms with Gasteiger partial charge in [-0.05, 0) is 48.4 Å². The van der Waals surface area contributed by atoms with Crippen molar-refractivity contribution >= 4 is 33.9 Å². The number of hydrogen-bond acceptors (Lipinski definition) is 10. The van der Waals surface area contributed by atoms with Gasteiger partial charge in [0.2, 0.25) is 11.8 Å². The summed E-state index contributed by atoms with van der Waals surface area (Å²) in [5.41, 5.74) is 12.1. The van der Waals surface area contributed by atoms with Crippen LogP contribution in [0.4, 0.5) is 11.4 Å². The number of halogens is 1. The maximum absolute atomic E-state index is 9.87. The second-order valence-electron chi connectivity index (χ2n) is 12.2. The average molecular weight is 584 g/mol. The van der Waals surface area contributed by atoms with Gasteiger partial charge in [0, 0.05) is 36.9 Å². The zero-order chi connectivity index (χ0) is 29.6. The van der Waals surface area contributed by atoms with Crippen molar-refractivity contribution in [1.29, 1.82) is 5.26 Å². The largest absolute Gasteiger partial charge is 0.423 e. The Balaban J connectivity index is 1.40. The molecule has 11 heteroatoms. The first-order chi connectivity index (χ1) is 20.1. The topological polar surface area (TPSA) is 127 Å². The molecule has 2 aromatic heterocycles. The Morgan fingerprint density at radius 1 is 1.19 bits per heavy atom. The van der Waals surface area contributed by atoms with E-state index < -0.39 is 0 Å². The van der Waals surface area contributed by atoms with Gasteiger partial charge in [-0.2, -0.15) is 5.26 Å². The first-order valence-corrected chi connectivity index (χ1v) is 14.4. The van der Waals surface area contributed by atoms with E-state index in [2.05, 4.69) is 88.9 Å². The van der Waals surface area contributed by atoms with Gasteiger partial charge in [-0.15, -0.1) is 15.7 Å². The summed E-state index contributed by atoms with van der Waals surface area (Å²) in [6.45, 7) is 11.0. The number of nitrogens with one attached hydrogen (secondary N) is 4. The molecule has 10 nitrogen and oxygen atoms in total. The fourth-order valence-electron chi connectivity index (χ4n) is 5.24. The van der Waals surface area contributed by atoms with Crippen LogP contribution in [0.5, 0.6) is 0 Å². The minimum absolute atomic E-state index is 0.0102. The maximum atomic E-state index is 9.87. The van der Waals surface area contributed by atoms with Gasteiger partial charge in [0.25, 0.3) is 0 Å². The van der Waals surface area contributed by atoms with Crippen molar-refractivity contribution in [1.82, 2.24) is 31.2 Å². The second-order valence-corrected chi connectivity index (χ2v) is 12.6. The minimum Gasteiger partial charge on any atom is -0.423 e. The van der Waals surface area contributed by atoms with Crippen LogP contribution in [0.15, 0.2) is 58.9 Å². The lowest BCUT2D eigenvalue weighted by Crippen LogP contribution is -2.43. The standard InChI is InChI=1S/C31H34ClN9O/c1-18-8-6-7-9-22(18)28(25-16-41(40-38-25)31(10-11-31)29-39-37-19(2)42-29)36-21-12-23-26(35-17-30(3,4)5)20(14-33)15-34-27(23)24(32)13-21/h6-9,12-13,15-16,28,36,38,40H,10-11,17H2,1-5H3,(H,34,35)/t28-/m0/s1. The zero-order valence-electron chi connectivity index (χ0n) is 24.3. The van der Waals surface area contributed by atoms with Crippen LogP contribution in [-0.4, -0.2) is 26.7 Å². The van der Waals surface area contributed by atoms with Crippen LogP contribution in [0.25, 0.3) is 10.9 Å². The summed E-state index contributed by atoms with van der Waals surface area (Å²) in [6.07, 6.45) is 5.43. The molecule has 216 valence electrons. The molecule has 2 aromatic carbocycles. The Morgan fingerprint density at radius 2 is 1.98 bits per heavy atom. The fourth-order valence-corrected chi connectivity index (χ4v) is 5.51. The van der Waals surface area contributed by atoms with Gasteiger partial charge in [-0.1, -0.05) is 56.6 Å². The van der Waals surface area contributed by atoms with Crippen molar-refractivity contribution in [3.63, 3.8) is 0 Å². The molecule has 6 rings (SSSR count). The molecule has 0 amide bonds. The summed E-state index contributed by atoms with van der Waals surface area (Å²) in [5, 5.41) is 28.7. The summed E-state index contributed by atoms with van der Waals surface area (Å²) in [7, 11) is 0. The Bertz CT molecular complexity index is 1730. The molecule has 3 heterocycles. The molecule has 0 unspecified atom stereocenters. The molecule has 42 heavy (non-hydrogen) atoms. The van der Waals surface area contributed by atoms with Gasteiger partial charge in [0.05, 0.1) is 33.5 Å². The van der Waals surface area contributed by atoms with E-state index >= 15 is 0 Å². The van der Waals surface area contributed by atoms with Crippen molar-refractivity contribution in [3.05, 3.63) is 88.0 Å². The predicted molar refractivity (Wildman–Crippen MR) is 163 cm³/mol. The highest BCUT2D eigenvalue weighted by molar-refractivity contribution is 6.35. The van der Waals surface area contributed by atoms with Gasteiger partial charge < -0.3 is 20.5 Å². The fraction of sp³-hybridized carbons (Fsp3) is 0.355. The van der Waals surface area contributed by atoms with E-state index in [-0.39, 0.29) is 17.0 Å². The predicted octanol–water partition coefficient (Wildman–Crippen LogP) is 6.23. The first kappa shape index (κ1) is 27.8. The number of anilines is 2. The number of aromatic nitrogens is 3. The smallest absolute Gasteiger partial charge is 0.243 e. The van der Waals surface area contributed by atoms with E-state index in [9.17, 15) is 5.26 Å². The third-order valence-corrected chi connectivity index (χ3v) is 7.95. The van der Waals surface area contributed by atoms with E-state index in [0.29, 0.717) is 34.4 Å². The maximum Gasteiger partial charge on any atom is 0.243 e. The summed E-state index contributed by atoms with van der Waals surface area (Å²) >= 11 is 6.81. The number of fused-ring (bicyclic) bond motifs is 1. The molecule has 1 aliphatic heterocycles. The number of hydrazine groups is 2. The molecule has 0 spiro atoms. The molecule has 0 bridgehead atoms. The van der Waals surface area contributed by atoms with Crippen LogP contribution in [0, 0.1) is 30.6 Å². The lowest BCUT2D eigenvalue weighted by Gasteiger charge is -2.24. The monoisotopic (exact) mass is 583 g/mol. The average Bonchev–Trinajstić information content (AvgIpc) is 3.38. The van der Waals surface area contributed by atoms with Crippen LogP contribution >= 0.6 is 11.6 Å². The third-order valence-electron chi connectivity index (χ3n) is 7.66. The first-order valence-electron chi connectivity index (χ1n) is 14.0. The van der Waals surface area contributed by atoms with E-state index in [0.717, 1.165) is 46.4 Å². The van der Waals surface area contributed by atoms with Crippen LogP contribution < -0.4 is 21.6 Å². The summed E-state index contributed by atoms with van der Waals surface area (Å²) in [6, 6.07) is 14.2.